The van der Waals surface area contributed by atoms with E-state index < -0.39 is 12.0 Å². The number of carbonyl (C=O) groups excluding carboxylic acids is 1. The van der Waals surface area contributed by atoms with Gasteiger partial charge >= 0.3 is 5.97 Å². The molecule has 17 heavy (non-hydrogen) atoms. The molecule has 5 heteroatoms. The van der Waals surface area contributed by atoms with Crippen LogP contribution in [0.1, 0.15) is 5.56 Å². The van der Waals surface area contributed by atoms with E-state index in [0.717, 1.165) is 12.2 Å². The van der Waals surface area contributed by atoms with Gasteiger partial charge in [0.05, 0.1) is 0 Å². The fourth-order valence-electron chi connectivity index (χ4n) is 1.31. The lowest BCUT2D eigenvalue weighted by Crippen LogP contribution is -2.37. The van der Waals surface area contributed by atoms with Crippen LogP contribution >= 0.6 is 11.8 Å². The monoisotopic (exact) mass is 253 g/mol. The molecule has 1 aromatic carbocycles. The number of hydrogen-bond donors (Lipinski definition) is 2. The van der Waals surface area contributed by atoms with E-state index in [2.05, 4.69) is 5.32 Å². The molecule has 0 aliphatic carbocycles. The number of benzene rings is 1. The third kappa shape index (κ3) is 5.40. The van der Waals surface area contributed by atoms with Gasteiger partial charge in [-0.3, -0.25) is 4.79 Å². The van der Waals surface area contributed by atoms with Crippen molar-refractivity contribution in [1.29, 1.82) is 0 Å². The van der Waals surface area contributed by atoms with Crippen molar-refractivity contribution in [2.24, 2.45) is 0 Å². The highest BCUT2D eigenvalue weighted by molar-refractivity contribution is 7.99. The van der Waals surface area contributed by atoms with Crippen molar-refractivity contribution in [3.63, 3.8) is 0 Å². The minimum Gasteiger partial charge on any atom is -0.480 e. The predicted octanol–water partition coefficient (Wildman–Crippen LogP) is 1.16. The summed E-state index contributed by atoms with van der Waals surface area (Å²) in [4.78, 5) is 20.9. The lowest BCUT2D eigenvalue weighted by Gasteiger charge is -2.10. The molecule has 1 aromatic rings. The number of hydrogen-bond acceptors (Lipinski definition) is 3. The molecule has 0 fully saturated rings. The van der Waals surface area contributed by atoms with Crippen LogP contribution < -0.4 is 5.32 Å². The highest BCUT2D eigenvalue weighted by Gasteiger charge is 2.15. The number of carboxylic acids is 1. The normalized spacial score (nSPS) is 11.8. The number of amides is 1. The van der Waals surface area contributed by atoms with Crippen LogP contribution in [0, 0.1) is 0 Å². The van der Waals surface area contributed by atoms with Gasteiger partial charge in [0.15, 0.2) is 0 Å². The molecule has 4 nitrogen and oxygen atoms in total. The number of thioether (sulfide) groups is 1. The topological polar surface area (TPSA) is 66.4 Å². The average molecular weight is 253 g/mol. The third-order valence-electron chi connectivity index (χ3n) is 2.23. The van der Waals surface area contributed by atoms with E-state index in [4.69, 9.17) is 5.11 Å². The third-order valence-corrected chi connectivity index (χ3v) is 3.29. The van der Waals surface area contributed by atoms with Crippen LogP contribution in [0.3, 0.4) is 0 Å². The minimum atomic E-state index is -0.996. The summed E-state index contributed by atoms with van der Waals surface area (Å²) in [7, 11) is 0. The lowest BCUT2D eigenvalue weighted by atomic mass is 10.2. The van der Waals surface area contributed by atoms with Crippen molar-refractivity contribution in [2.45, 2.75) is 12.5 Å². The van der Waals surface area contributed by atoms with E-state index >= 15 is 0 Å². The van der Waals surface area contributed by atoms with Gasteiger partial charge in [0, 0.05) is 5.75 Å². The molecule has 0 aliphatic rings. The Bertz CT molecular complexity index is 356. The summed E-state index contributed by atoms with van der Waals surface area (Å²) in [5.41, 5.74) is 1.23. The second kappa shape index (κ2) is 7.73. The molecule has 1 unspecified atom stereocenters. The fraction of sp³-hybridized carbons (Fsp3) is 0.333. The summed E-state index contributed by atoms with van der Waals surface area (Å²) in [6, 6.07) is 9.21. The van der Waals surface area contributed by atoms with Gasteiger partial charge in [-0.1, -0.05) is 30.3 Å². The first-order valence-electron chi connectivity index (χ1n) is 5.28. The highest BCUT2D eigenvalue weighted by atomic mass is 32.2. The smallest absolute Gasteiger partial charge is 0.327 e. The Morgan fingerprint density at radius 2 is 2.12 bits per heavy atom. The van der Waals surface area contributed by atoms with Gasteiger partial charge in [-0.15, -0.1) is 0 Å². The number of nitrogens with one attached hydrogen (secondary N) is 1. The van der Waals surface area contributed by atoms with Gasteiger partial charge in [0.2, 0.25) is 6.41 Å². The largest absolute Gasteiger partial charge is 0.480 e. The zero-order valence-electron chi connectivity index (χ0n) is 9.33. The van der Waals surface area contributed by atoms with Crippen LogP contribution in [-0.2, 0) is 16.0 Å². The molecular weight excluding hydrogens is 238 g/mol. The molecule has 0 bridgehead atoms. The molecule has 1 amide bonds. The van der Waals surface area contributed by atoms with E-state index in [1.54, 1.807) is 0 Å². The molecule has 2 N–H and O–H groups in total. The van der Waals surface area contributed by atoms with Crippen LogP contribution in [0.4, 0.5) is 0 Å². The Morgan fingerprint density at radius 3 is 2.71 bits per heavy atom. The number of aryl methyl sites for hydroxylation is 1. The first kappa shape index (κ1) is 13.6. The number of rotatable bonds is 8. The van der Waals surface area contributed by atoms with Gasteiger partial charge in [0.25, 0.3) is 0 Å². The van der Waals surface area contributed by atoms with Crippen LogP contribution in [0.25, 0.3) is 0 Å². The van der Waals surface area contributed by atoms with Crippen LogP contribution in [0.5, 0.6) is 0 Å². The highest BCUT2D eigenvalue weighted by Crippen LogP contribution is 2.08. The van der Waals surface area contributed by atoms with Gasteiger partial charge < -0.3 is 10.4 Å². The first-order valence-corrected chi connectivity index (χ1v) is 6.43. The van der Waals surface area contributed by atoms with Crippen LogP contribution in [0.15, 0.2) is 30.3 Å². The molecule has 0 spiro atoms. The van der Waals surface area contributed by atoms with Gasteiger partial charge in [-0.05, 0) is 17.7 Å². The summed E-state index contributed by atoms with van der Waals surface area (Å²) in [5.74, 6) is 0.235. The number of aliphatic carboxylic acids is 1. The zero-order valence-corrected chi connectivity index (χ0v) is 10.2. The molecule has 0 saturated carbocycles. The molecule has 0 radical (unpaired) electrons. The standard InChI is InChI=1S/C12H15NO3S/c14-9-13-11(12(15)16)8-17-7-6-10-4-2-1-3-5-10/h1-5,9,11H,6-8H2,(H,13,14)(H,15,16). The molecule has 0 aliphatic heterocycles. The van der Waals surface area contributed by atoms with Crippen molar-refractivity contribution >= 4 is 24.1 Å². The number of carboxylic acid groups (broad SMARTS) is 1. The molecule has 0 heterocycles. The Kier molecular flexibility index (Phi) is 6.17. The maximum absolute atomic E-state index is 10.7. The number of carbonyl (C=O) groups is 2. The lowest BCUT2D eigenvalue weighted by molar-refractivity contribution is -0.139. The van der Waals surface area contributed by atoms with Crippen LogP contribution in [0.2, 0.25) is 0 Å². The summed E-state index contributed by atoms with van der Waals surface area (Å²) in [6.45, 7) is 0. The molecule has 92 valence electrons. The Labute approximate surface area is 104 Å². The molecule has 0 aromatic heterocycles. The Hall–Kier alpha value is -1.49. The van der Waals surface area contributed by atoms with Gasteiger partial charge in [0.1, 0.15) is 6.04 Å². The Balaban J connectivity index is 2.23. The molecule has 1 atom stereocenters. The first-order chi connectivity index (χ1) is 8.24. The predicted molar refractivity (Wildman–Crippen MR) is 68.1 cm³/mol. The fourth-order valence-corrected chi connectivity index (χ4v) is 2.33. The summed E-state index contributed by atoms with van der Waals surface area (Å²) >= 11 is 1.52. The van der Waals surface area contributed by atoms with E-state index in [0.29, 0.717) is 12.2 Å². The van der Waals surface area contributed by atoms with E-state index in [-0.39, 0.29) is 0 Å². The molecule has 1 rings (SSSR count). The van der Waals surface area contributed by atoms with Crippen molar-refractivity contribution in [2.75, 3.05) is 11.5 Å². The minimum absolute atomic E-state index is 0.390. The Morgan fingerprint density at radius 1 is 1.41 bits per heavy atom. The van der Waals surface area contributed by atoms with E-state index in [9.17, 15) is 9.59 Å². The van der Waals surface area contributed by atoms with Gasteiger partial charge in [-0.25, -0.2) is 4.79 Å². The van der Waals surface area contributed by atoms with Crippen molar-refractivity contribution < 1.29 is 14.7 Å². The SMILES string of the molecule is O=CNC(CSCCc1ccccc1)C(=O)O. The zero-order chi connectivity index (χ0) is 12.5. The average Bonchev–Trinajstić information content (AvgIpc) is 2.34. The molecular formula is C12H15NO3S. The summed E-state index contributed by atoms with van der Waals surface area (Å²) in [6.07, 6.45) is 1.33. The van der Waals surface area contributed by atoms with Crippen LogP contribution in [-0.4, -0.2) is 35.0 Å². The second-order valence-electron chi connectivity index (χ2n) is 3.49. The van der Waals surface area contributed by atoms with E-state index in [1.165, 1.54) is 17.3 Å². The summed E-state index contributed by atoms with van der Waals surface area (Å²) < 4.78 is 0. The second-order valence-corrected chi connectivity index (χ2v) is 4.64. The maximum Gasteiger partial charge on any atom is 0.327 e. The summed E-state index contributed by atoms with van der Waals surface area (Å²) in [5, 5.41) is 11.1. The van der Waals surface area contributed by atoms with Crippen molar-refractivity contribution in [1.82, 2.24) is 5.32 Å². The van der Waals surface area contributed by atoms with Gasteiger partial charge in [-0.2, -0.15) is 11.8 Å². The van der Waals surface area contributed by atoms with E-state index in [1.807, 2.05) is 30.3 Å². The van der Waals surface area contributed by atoms with Crippen molar-refractivity contribution in [3.8, 4) is 0 Å². The molecule has 0 saturated heterocycles. The quantitative estimate of drug-likeness (QED) is 0.539. The van der Waals surface area contributed by atoms with Crippen molar-refractivity contribution in [3.05, 3.63) is 35.9 Å². The maximum atomic E-state index is 10.7.